The van der Waals surface area contributed by atoms with Gasteiger partial charge in [-0.3, -0.25) is 4.79 Å². The SMILES string of the molecule is CNC(C)(C)C(=O)NCC(C)(O)CC(C)C. The Bertz CT molecular complexity index is 235. The molecule has 0 aliphatic carbocycles. The van der Waals surface area contributed by atoms with E-state index >= 15 is 0 Å². The molecule has 0 spiro atoms. The van der Waals surface area contributed by atoms with Crippen LogP contribution in [-0.2, 0) is 4.79 Å². The summed E-state index contributed by atoms with van der Waals surface area (Å²) in [5.74, 6) is 0.309. The van der Waals surface area contributed by atoms with Crippen molar-refractivity contribution in [3.63, 3.8) is 0 Å². The fourth-order valence-electron chi connectivity index (χ4n) is 1.56. The average Bonchev–Trinajstić information content (AvgIpc) is 2.12. The quantitative estimate of drug-likeness (QED) is 0.635. The summed E-state index contributed by atoms with van der Waals surface area (Å²) < 4.78 is 0. The van der Waals surface area contributed by atoms with Crippen molar-refractivity contribution in [1.29, 1.82) is 0 Å². The van der Waals surface area contributed by atoms with Crippen LogP contribution in [0.15, 0.2) is 0 Å². The van der Waals surface area contributed by atoms with Crippen LogP contribution in [0.4, 0.5) is 0 Å². The molecule has 1 atom stereocenters. The Hall–Kier alpha value is -0.610. The van der Waals surface area contributed by atoms with Gasteiger partial charge in [0.1, 0.15) is 0 Å². The molecule has 0 bridgehead atoms. The van der Waals surface area contributed by atoms with Crippen molar-refractivity contribution < 1.29 is 9.90 Å². The van der Waals surface area contributed by atoms with Crippen molar-refractivity contribution in [3.8, 4) is 0 Å². The minimum absolute atomic E-state index is 0.0981. The number of hydrogen-bond donors (Lipinski definition) is 3. The fourth-order valence-corrected chi connectivity index (χ4v) is 1.56. The largest absolute Gasteiger partial charge is 0.388 e. The Morgan fingerprint density at radius 2 is 1.81 bits per heavy atom. The maximum atomic E-state index is 11.7. The first-order valence-electron chi connectivity index (χ1n) is 5.80. The van der Waals surface area contributed by atoms with Crippen molar-refractivity contribution in [3.05, 3.63) is 0 Å². The Morgan fingerprint density at radius 3 is 2.19 bits per heavy atom. The van der Waals surface area contributed by atoms with Crippen molar-refractivity contribution >= 4 is 5.91 Å². The van der Waals surface area contributed by atoms with Gasteiger partial charge in [0.15, 0.2) is 0 Å². The van der Waals surface area contributed by atoms with Crippen LogP contribution < -0.4 is 10.6 Å². The first kappa shape index (κ1) is 15.4. The highest BCUT2D eigenvalue weighted by Crippen LogP contribution is 2.15. The first-order chi connectivity index (χ1) is 7.10. The molecule has 1 unspecified atom stereocenters. The van der Waals surface area contributed by atoms with Gasteiger partial charge in [-0.2, -0.15) is 0 Å². The lowest BCUT2D eigenvalue weighted by atomic mass is 9.94. The first-order valence-corrected chi connectivity index (χ1v) is 5.80. The van der Waals surface area contributed by atoms with Crippen LogP contribution in [-0.4, -0.2) is 35.7 Å². The molecule has 0 radical (unpaired) electrons. The summed E-state index contributed by atoms with van der Waals surface area (Å²) >= 11 is 0. The van der Waals surface area contributed by atoms with Crippen molar-refractivity contribution in [2.45, 2.75) is 52.2 Å². The number of amides is 1. The molecule has 4 nitrogen and oxygen atoms in total. The van der Waals surface area contributed by atoms with Crippen molar-refractivity contribution in [1.82, 2.24) is 10.6 Å². The normalized spacial score (nSPS) is 16.0. The maximum Gasteiger partial charge on any atom is 0.239 e. The van der Waals surface area contributed by atoms with Gasteiger partial charge in [-0.05, 0) is 40.2 Å². The standard InChI is InChI=1S/C12H26N2O2/c1-9(2)7-12(5,16)8-14-10(15)11(3,4)13-6/h9,13,16H,7-8H2,1-6H3,(H,14,15). The highest BCUT2D eigenvalue weighted by atomic mass is 16.3. The van der Waals surface area contributed by atoms with Crippen LogP contribution in [0.1, 0.15) is 41.0 Å². The molecule has 0 saturated heterocycles. The van der Waals surface area contributed by atoms with E-state index in [9.17, 15) is 9.90 Å². The van der Waals surface area contributed by atoms with E-state index in [1.807, 2.05) is 13.8 Å². The third kappa shape index (κ3) is 5.47. The predicted molar refractivity (Wildman–Crippen MR) is 66.2 cm³/mol. The topological polar surface area (TPSA) is 61.4 Å². The van der Waals surface area contributed by atoms with Gasteiger partial charge in [0.05, 0.1) is 11.1 Å². The minimum atomic E-state index is -0.840. The Labute approximate surface area is 98.8 Å². The number of rotatable bonds is 6. The van der Waals surface area contributed by atoms with Crippen LogP contribution in [0.5, 0.6) is 0 Å². The minimum Gasteiger partial charge on any atom is -0.388 e. The highest BCUT2D eigenvalue weighted by Gasteiger charge is 2.28. The van der Waals surface area contributed by atoms with Crippen LogP contribution in [0, 0.1) is 5.92 Å². The van der Waals surface area contributed by atoms with Gasteiger partial charge in [-0.15, -0.1) is 0 Å². The second-order valence-corrected chi connectivity index (χ2v) is 5.65. The molecule has 0 heterocycles. The van der Waals surface area contributed by atoms with Crippen LogP contribution in [0.25, 0.3) is 0 Å². The Kier molecular flexibility index (Phi) is 5.42. The monoisotopic (exact) mass is 230 g/mol. The van der Waals surface area contributed by atoms with E-state index in [-0.39, 0.29) is 12.5 Å². The summed E-state index contributed by atoms with van der Waals surface area (Å²) in [5.41, 5.74) is -1.44. The second-order valence-electron chi connectivity index (χ2n) is 5.65. The molecule has 0 aliphatic rings. The van der Waals surface area contributed by atoms with E-state index in [2.05, 4.69) is 10.6 Å². The zero-order valence-electron chi connectivity index (χ0n) is 11.3. The molecule has 0 fully saturated rings. The number of carbonyl (C=O) groups is 1. The fraction of sp³-hybridized carbons (Fsp3) is 0.917. The van der Waals surface area contributed by atoms with E-state index in [1.165, 1.54) is 0 Å². The van der Waals surface area contributed by atoms with Gasteiger partial charge in [0.2, 0.25) is 5.91 Å². The molecule has 1 amide bonds. The molecular weight excluding hydrogens is 204 g/mol. The number of nitrogens with one attached hydrogen (secondary N) is 2. The lowest BCUT2D eigenvalue weighted by Crippen LogP contribution is -2.54. The van der Waals surface area contributed by atoms with E-state index in [0.29, 0.717) is 12.3 Å². The van der Waals surface area contributed by atoms with Crippen molar-refractivity contribution in [2.24, 2.45) is 5.92 Å². The molecule has 0 aliphatic heterocycles. The number of carbonyl (C=O) groups excluding carboxylic acids is 1. The summed E-state index contributed by atoms with van der Waals surface area (Å²) in [6, 6.07) is 0. The smallest absolute Gasteiger partial charge is 0.239 e. The number of hydrogen-bond acceptors (Lipinski definition) is 3. The molecule has 96 valence electrons. The maximum absolute atomic E-state index is 11.7. The number of likely N-dealkylation sites (N-methyl/N-ethyl adjacent to an activating group) is 1. The summed E-state index contributed by atoms with van der Waals surface area (Å²) in [7, 11) is 1.74. The molecule has 3 N–H and O–H groups in total. The van der Waals surface area contributed by atoms with Crippen LogP contribution in [0.3, 0.4) is 0 Å². The zero-order chi connectivity index (χ0) is 13.0. The molecule has 0 rings (SSSR count). The summed E-state index contributed by atoms with van der Waals surface area (Å²) in [6.45, 7) is 9.75. The van der Waals surface area contributed by atoms with E-state index < -0.39 is 11.1 Å². The van der Waals surface area contributed by atoms with Gasteiger partial charge in [-0.25, -0.2) is 0 Å². The van der Waals surface area contributed by atoms with Crippen LogP contribution >= 0.6 is 0 Å². The van der Waals surface area contributed by atoms with Crippen LogP contribution in [0.2, 0.25) is 0 Å². The van der Waals surface area contributed by atoms with Gasteiger partial charge in [0.25, 0.3) is 0 Å². The lowest BCUT2D eigenvalue weighted by molar-refractivity contribution is -0.127. The molecule has 0 saturated carbocycles. The van der Waals surface area contributed by atoms with E-state index in [4.69, 9.17) is 0 Å². The van der Waals surface area contributed by atoms with Gasteiger partial charge in [-0.1, -0.05) is 13.8 Å². The summed E-state index contributed by atoms with van der Waals surface area (Å²) in [4.78, 5) is 11.7. The van der Waals surface area contributed by atoms with Gasteiger partial charge >= 0.3 is 0 Å². The zero-order valence-corrected chi connectivity index (χ0v) is 11.3. The van der Waals surface area contributed by atoms with Gasteiger partial charge < -0.3 is 15.7 Å². The predicted octanol–water partition coefficient (Wildman–Crippen LogP) is 0.898. The third-order valence-electron chi connectivity index (χ3n) is 2.67. The molecule has 4 heteroatoms. The summed E-state index contributed by atoms with van der Waals surface area (Å²) in [5, 5.41) is 15.7. The molecule has 0 aromatic heterocycles. The summed E-state index contributed by atoms with van der Waals surface area (Å²) in [6.07, 6.45) is 0.674. The van der Waals surface area contributed by atoms with Crippen molar-refractivity contribution in [2.75, 3.05) is 13.6 Å². The average molecular weight is 230 g/mol. The second kappa shape index (κ2) is 5.64. The number of aliphatic hydroxyl groups is 1. The van der Waals surface area contributed by atoms with E-state index in [0.717, 1.165) is 0 Å². The highest BCUT2D eigenvalue weighted by molar-refractivity contribution is 5.85. The lowest BCUT2D eigenvalue weighted by Gasteiger charge is -2.29. The molecular formula is C12H26N2O2. The van der Waals surface area contributed by atoms with Gasteiger partial charge in [0, 0.05) is 6.54 Å². The molecule has 0 aromatic rings. The van der Waals surface area contributed by atoms with E-state index in [1.54, 1.807) is 27.8 Å². The third-order valence-corrected chi connectivity index (χ3v) is 2.67. The molecule has 16 heavy (non-hydrogen) atoms. The Morgan fingerprint density at radius 1 is 1.31 bits per heavy atom. The molecule has 0 aromatic carbocycles. The Balaban J connectivity index is 4.19.